The average molecular weight is 417 g/mol. The van der Waals surface area contributed by atoms with Crippen molar-refractivity contribution in [2.24, 2.45) is 0 Å². The minimum Gasteiger partial charge on any atom is -0.469 e. The maximum Gasteiger partial charge on any atom is 0.307 e. The number of rotatable bonds is 7. The first kappa shape index (κ1) is 22.6. The van der Waals surface area contributed by atoms with E-state index in [9.17, 15) is 14.4 Å². The fourth-order valence-corrected chi connectivity index (χ4v) is 3.50. The molecule has 2 unspecified atom stereocenters. The van der Waals surface area contributed by atoms with Gasteiger partial charge in [-0.3, -0.25) is 14.4 Å². The number of ether oxygens (including phenoxy) is 1. The lowest BCUT2D eigenvalue weighted by atomic mass is 9.86. The zero-order valence-electron chi connectivity index (χ0n) is 17.4. The van der Waals surface area contributed by atoms with Crippen LogP contribution in [0.25, 0.3) is 0 Å². The second kappa shape index (κ2) is 9.69. The van der Waals surface area contributed by atoms with Gasteiger partial charge < -0.3 is 15.4 Å². The fourth-order valence-electron chi connectivity index (χ4n) is 2.73. The molecule has 29 heavy (non-hydrogen) atoms. The van der Waals surface area contributed by atoms with Crippen molar-refractivity contribution in [1.82, 2.24) is 10.6 Å². The summed E-state index contributed by atoms with van der Waals surface area (Å²) in [5.74, 6) is -1.11. The van der Waals surface area contributed by atoms with Gasteiger partial charge in [0.05, 0.1) is 19.6 Å². The van der Waals surface area contributed by atoms with Gasteiger partial charge in [-0.25, -0.2) is 0 Å². The number of carbonyl (C=O) groups excluding carboxylic acids is 3. The molecule has 2 rings (SSSR count). The Morgan fingerprint density at radius 1 is 1.07 bits per heavy atom. The van der Waals surface area contributed by atoms with Crippen molar-refractivity contribution in [2.75, 3.05) is 7.11 Å². The SMILES string of the molecule is COC(=O)CC(NC(=O)C(C)NC(=O)c1ccc(C(C)(C)C)cc1)c1cccs1. The molecule has 2 atom stereocenters. The Bertz CT molecular complexity index is 839. The largest absolute Gasteiger partial charge is 0.469 e. The van der Waals surface area contributed by atoms with Crippen LogP contribution in [0.1, 0.15) is 61.0 Å². The summed E-state index contributed by atoms with van der Waals surface area (Å²) < 4.78 is 4.72. The second-order valence-electron chi connectivity index (χ2n) is 7.88. The lowest BCUT2D eigenvalue weighted by Gasteiger charge is -2.21. The highest BCUT2D eigenvalue weighted by Crippen LogP contribution is 2.23. The van der Waals surface area contributed by atoms with Crippen LogP contribution in [0.3, 0.4) is 0 Å². The van der Waals surface area contributed by atoms with E-state index in [0.29, 0.717) is 5.56 Å². The molecule has 2 N–H and O–H groups in total. The van der Waals surface area contributed by atoms with E-state index in [1.54, 1.807) is 19.1 Å². The van der Waals surface area contributed by atoms with Crippen molar-refractivity contribution in [1.29, 1.82) is 0 Å². The summed E-state index contributed by atoms with van der Waals surface area (Å²) in [5.41, 5.74) is 1.61. The Labute approximate surface area is 175 Å². The van der Waals surface area contributed by atoms with Gasteiger partial charge in [-0.2, -0.15) is 0 Å². The number of amides is 2. The molecule has 1 heterocycles. The third-order valence-electron chi connectivity index (χ3n) is 4.56. The Balaban J connectivity index is 2.01. The first-order valence-corrected chi connectivity index (χ1v) is 10.3. The third-order valence-corrected chi connectivity index (χ3v) is 5.54. The number of benzene rings is 1. The second-order valence-corrected chi connectivity index (χ2v) is 8.86. The highest BCUT2D eigenvalue weighted by molar-refractivity contribution is 7.10. The van der Waals surface area contributed by atoms with Crippen molar-refractivity contribution in [3.8, 4) is 0 Å². The maximum atomic E-state index is 12.6. The Hall–Kier alpha value is -2.67. The molecule has 0 bridgehead atoms. The molecule has 7 heteroatoms. The summed E-state index contributed by atoms with van der Waals surface area (Å²) in [6.07, 6.45) is 0.0255. The van der Waals surface area contributed by atoms with Gasteiger partial charge >= 0.3 is 5.97 Å². The summed E-state index contributed by atoms with van der Waals surface area (Å²) in [4.78, 5) is 37.6. The summed E-state index contributed by atoms with van der Waals surface area (Å²) in [5, 5.41) is 7.41. The number of esters is 1. The van der Waals surface area contributed by atoms with Crippen molar-refractivity contribution in [2.45, 2.75) is 51.6 Å². The highest BCUT2D eigenvalue weighted by atomic mass is 32.1. The van der Waals surface area contributed by atoms with Crippen LogP contribution in [0.2, 0.25) is 0 Å². The standard InChI is InChI=1S/C22H28N2O4S/c1-14(23-21(27)15-8-10-16(11-9-15)22(2,3)4)20(26)24-17(13-19(25)28-5)18-7-6-12-29-18/h6-12,14,17H,13H2,1-5H3,(H,23,27)(H,24,26). The van der Waals surface area contributed by atoms with Gasteiger partial charge in [-0.15, -0.1) is 11.3 Å². The lowest BCUT2D eigenvalue weighted by Crippen LogP contribution is -2.46. The summed E-state index contributed by atoms with van der Waals surface area (Å²) >= 11 is 1.44. The number of methoxy groups -OCH3 is 1. The van der Waals surface area contributed by atoms with Crippen LogP contribution in [0.5, 0.6) is 0 Å². The Morgan fingerprint density at radius 3 is 2.24 bits per heavy atom. The van der Waals surface area contributed by atoms with Crippen molar-refractivity contribution >= 4 is 29.1 Å². The molecule has 2 aromatic rings. The van der Waals surface area contributed by atoms with Crippen LogP contribution in [0.4, 0.5) is 0 Å². The lowest BCUT2D eigenvalue weighted by molar-refractivity contribution is -0.141. The summed E-state index contributed by atoms with van der Waals surface area (Å²) in [6, 6.07) is 9.79. The average Bonchev–Trinajstić information content (AvgIpc) is 3.21. The van der Waals surface area contributed by atoms with E-state index in [-0.39, 0.29) is 23.7 Å². The molecule has 0 aliphatic rings. The predicted molar refractivity (Wildman–Crippen MR) is 114 cm³/mol. The van der Waals surface area contributed by atoms with Crippen LogP contribution in [-0.2, 0) is 19.7 Å². The molecule has 1 aromatic carbocycles. The topological polar surface area (TPSA) is 84.5 Å². The first-order chi connectivity index (χ1) is 13.6. The smallest absolute Gasteiger partial charge is 0.307 e. The van der Waals surface area contributed by atoms with Gasteiger partial charge in [0.15, 0.2) is 0 Å². The van der Waals surface area contributed by atoms with E-state index >= 15 is 0 Å². The van der Waals surface area contributed by atoms with Crippen LogP contribution in [0.15, 0.2) is 41.8 Å². The normalized spacial score (nSPS) is 13.3. The first-order valence-electron chi connectivity index (χ1n) is 9.44. The van der Waals surface area contributed by atoms with Gasteiger partial charge in [-0.1, -0.05) is 39.0 Å². The van der Waals surface area contributed by atoms with Gasteiger partial charge in [0.25, 0.3) is 5.91 Å². The van der Waals surface area contributed by atoms with Crippen molar-refractivity contribution in [3.63, 3.8) is 0 Å². The van der Waals surface area contributed by atoms with Crippen LogP contribution >= 0.6 is 11.3 Å². The number of hydrogen-bond acceptors (Lipinski definition) is 5. The molecular formula is C22H28N2O4S. The fraction of sp³-hybridized carbons (Fsp3) is 0.409. The molecule has 0 radical (unpaired) electrons. The Kier molecular flexibility index (Phi) is 7.56. The van der Waals surface area contributed by atoms with Gasteiger partial charge in [-0.05, 0) is 41.5 Å². The molecular weight excluding hydrogens is 388 g/mol. The van der Waals surface area contributed by atoms with Gasteiger partial charge in [0.1, 0.15) is 6.04 Å². The van der Waals surface area contributed by atoms with Gasteiger partial charge in [0.2, 0.25) is 5.91 Å². The molecule has 0 aliphatic carbocycles. The van der Waals surface area contributed by atoms with Crippen LogP contribution in [0, 0.1) is 0 Å². The van der Waals surface area contributed by atoms with E-state index in [4.69, 9.17) is 4.74 Å². The zero-order valence-corrected chi connectivity index (χ0v) is 18.3. The molecule has 0 saturated heterocycles. The quantitative estimate of drug-likeness (QED) is 0.676. The Morgan fingerprint density at radius 2 is 1.72 bits per heavy atom. The number of hydrogen-bond donors (Lipinski definition) is 2. The van der Waals surface area contributed by atoms with Crippen molar-refractivity contribution in [3.05, 3.63) is 57.8 Å². The van der Waals surface area contributed by atoms with E-state index in [1.165, 1.54) is 18.4 Å². The summed E-state index contributed by atoms with van der Waals surface area (Å²) in [6.45, 7) is 7.92. The molecule has 0 aliphatic heterocycles. The van der Waals surface area contributed by atoms with E-state index in [0.717, 1.165) is 10.4 Å². The molecule has 0 fully saturated rings. The maximum absolute atomic E-state index is 12.6. The van der Waals surface area contributed by atoms with Gasteiger partial charge in [0, 0.05) is 10.4 Å². The summed E-state index contributed by atoms with van der Waals surface area (Å²) in [7, 11) is 1.31. The molecule has 156 valence electrons. The van der Waals surface area contributed by atoms with Crippen molar-refractivity contribution < 1.29 is 19.1 Å². The molecule has 1 aromatic heterocycles. The molecule has 6 nitrogen and oxygen atoms in total. The van der Waals surface area contributed by atoms with E-state index < -0.39 is 18.1 Å². The van der Waals surface area contributed by atoms with E-state index in [1.807, 2.05) is 29.6 Å². The monoisotopic (exact) mass is 416 g/mol. The molecule has 0 saturated carbocycles. The van der Waals surface area contributed by atoms with Crippen LogP contribution < -0.4 is 10.6 Å². The number of carbonyl (C=O) groups is 3. The van der Waals surface area contributed by atoms with Crippen LogP contribution in [-0.4, -0.2) is 30.9 Å². The minimum atomic E-state index is -0.759. The third kappa shape index (κ3) is 6.42. The molecule has 2 amide bonds. The minimum absolute atomic E-state index is 0.00136. The predicted octanol–water partition coefficient (Wildman–Crippen LogP) is 3.58. The molecule has 0 spiro atoms. The van der Waals surface area contributed by atoms with E-state index in [2.05, 4.69) is 31.4 Å². The number of thiophene rings is 1. The number of nitrogens with one attached hydrogen (secondary N) is 2. The highest BCUT2D eigenvalue weighted by Gasteiger charge is 2.24. The zero-order chi connectivity index (χ0) is 21.6.